The lowest BCUT2D eigenvalue weighted by atomic mass is 10.6. The third kappa shape index (κ3) is 5.92. The normalized spacial score (nSPS) is 9.00. The van der Waals surface area contributed by atoms with Crippen molar-refractivity contribution in [3.63, 3.8) is 0 Å². The lowest BCUT2D eigenvalue weighted by molar-refractivity contribution is 0.227. The van der Waals surface area contributed by atoms with Crippen LogP contribution in [0.2, 0.25) is 0 Å². The Labute approximate surface area is 52.1 Å². The lowest BCUT2D eigenvalue weighted by Crippen LogP contribution is -2.20. The fourth-order valence-corrected chi connectivity index (χ4v) is 0.329. The van der Waals surface area contributed by atoms with Crippen molar-refractivity contribution in [2.45, 2.75) is 14.4 Å². The summed E-state index contributed by atoms with van der Waals surface area (Å²) in [4.78, 5) is 2.06. The van der Waals surface area contributed by atoms with Crippen molar-refractivity contribution >= 4 is 0 Å². The van der Waals surface area contributed by atoms with E-state index in [0.29, 0.717) is 0 Å². The van der Waals surface area contributed by atoms with Gasteiger partial charge in [-0.15, -0.1) is 0 Å². The van der Waals surface area contributed by atoms with E-state index in [2.05, 4.69) is 11.8 Å². The summed E-state index contributed by atoms with van der Waals surface area (Å²) in [5.41, 5.74) is 0. The molecule has 0 aromatic carbocycles. The van der Waals surface area contributed by atoms with Crippen LogP contribution in [0.5, 0.6) is 0 Å². The Kier molecular flexibility index (Phi) is 9.36. The van der Waals surface area contributed by atoms with E-state index in [0.717, 1.165) is 13.1 Å². The Morgan fingerprint density at radius 1 is 1.50 bits per heavy atom. The molecule has 0 rings (SSSR count). The molecule has 0 aromatic heterocycles. The molecule has 0 aliphatic heterocycles. The first-order valence-electron chi connectivity index (χ1n) is 2.60. The van der Waals surface area contributed by atoms with Crippen LogP contribution < -0.4 is 0 Å². The standard InChI is InChI=1S/C5H13NO.CH4/c1-3-6(2)4-5-7;/h7H,3-5H2,1-2H3;1H4. The first kappa shape index (κ1) is 10.8. The molecule has 52 valence electrons. The molecule has 2 heteroatoms. The number of likely N-dealkylation sites (N-methyl/N-ethyl adjacent to an activating group) is 1. The van der Waals surface area contributed by atoms with Crippen molar-refractivity contribution < 1.29 is 5.11 Å². The molecule has 0 aliphatic carbocycles. The Bertz CT molecular complexity index is 39.5. The van der Waals surface area contributed by atoms with E-state index >= 15 is 0 Å². The van der Waals surface area contributed by atoms with Crippen molar-refractivity contribution in [3.05, 3.63) is 0 Å². The van der Waals surface area contributed by atoms with Crippen LogP contribution in [-0.2, 0) is 0 Å². The van der Waals surface area contributed by atoms with Gasteiger partial charge in [0.2, 0.25) is 0 Å². The monoisotopic (exact) mass is 119 g/mol. The Balaban J connectivity index is 0. The maximum absolute atomic E-state index is 8.33. The fourth-order valence-electron chi connectivity index (χ4n) is 0.329. The van der Waals surface area contributed by atoms with Crippen LogP contribution in [0.4, 0.5) is 0 Å². The Hall–Kier alpha value is -0.0800. The summed E-state index contributed by atoms with van der Waals surface area (Å²) in [6.45, 7) is 4.14. The van der Waals surface area contributed by atoms with Crippen molar-refractivity contribution in [3.8, 4) is 0 Å². The van der Waals surface area contributed by atoms with E-state index in [1.165, 1.54) is 0 Å². The molecule has 8 heavy (non-hydrogen) atoms. The maximum Gasteiger partial charge on any atom is 0.0558 e. The van der Waals surface area contributed by atoms with Gasteiger partial charge in [0.05, 0.1) is 6.61 Å². The summed E-state index contributed by atoms with van der Waals surface area (Å²) in [6.07, 6.45) is 0. The van der Waals surface area contributed by atoms with Crippen LogP contribution >= 0.6 is 0 Å². The summed E-state index contributed by atoms with van der Waals surface area (Å²) in [5, 5.41) is 8.33. The second-order valence-corrected chi connectivity index (χ2v) is 1.62. The van der Waals surface area contributed by atoms with Gasteiger partial charge in [-0.1, -0.05) is 14.4 Å². The largest absolute Gasteiger partial charge is 0.395 e. The van der Waals surface area contributed by atoms with Gasteiger partial charge in [-0.2, -0.15) is 0 Å². The highest BCUT2D eigenvalue weighted by molar-refractivity contribution is 4.41. The molecule has 0 fully saturated rings. The van der Waals surface area contributed by atoms with Crippen LogP contribution in [0.15, 0.2) is 0 Å². The molecule has 1 N–H and O–H groups in total. The molecule has 0 atom stereocenters. The van der Waals surface area contributed by atoms with Gasteiger partial charge in [0.1, 0.15) is 0 Å². The summed E-state index contributed by atoms with van der Waals surface area (Å²) < 4.78 is 0. The zero-order valence-corrected chi connectivity index (χ0v) is 5.02. The Morgan fingerprint density at radius 2 is 2.00 bits per heavy atom. The average molecular weight is 119 g/mol. The van der Waals surface area contributed by atoms with Gasteiger partial charge in [0.25, 0.3) is 0 Å². The minimum absolute atomic E-state index is 0. The number of rotatable bonds is 3. The van der Waals surface area contributed by atoms with E-state index in [1.54, 1.807) is 0 Å². The number of hydrogen-bond acceptors (Lipinski definition) is 2. The smallest absolute Gasteiger partial charge is 0.0558 e. The molecular weight excluding hydrogens is 102 g/mol. The second-order valence-electron chi connectivity index (χ2n) is 1.62. The van der Waals surface area contributed by atoms with E-state index in [9.17, 15) is 0 Å². The average Bonchev–Trinajstić information content (AvgIpc) is 1.68. The molecule has 0 aromatic rings. The second kappa shape index (κ2) is 6.92. The zero-order chi connectivity index (χ0) is 5.70. The topological polar surface area (TPSA) is 23.5 Å². The molecule has 0 spiro atoms. The van der Waals surface area contributed by atoms with Gasteiger partial charge >= 0.3 is 0 Å². The van der Waals surface area contributed by atoms with E-state index < -0.39 is 0 Å². The van der Waals surface area contributed by atoms with E-state index in [-0.39, 0.29) is 14.0 Å². The van der Waals surface area contributed by atoms with Crippen molar-refractivity contribution in [2.75, 3.05) is 26.7 Å². The van der Waals surface area contributed by atoms with Crippen LogP contribution in [0, 0.1) is 0 Å². The predicted molar refractivity (Wildman–Crippen MR) is 37.0 cm³/mol. The molecule has 0 radical (unpaired) electrons. The zero-order valence-electron chi connectivity index (χ0n) is 5.02. The van der Waals surface area contributed by atoms with Crippen molar-refractivity contribution in [2.24, 2.45) is 0 Å². The van der Waals surface area contributed by atoms with Gasteiger partial charge in [0.15, 0.2) is 0 Å². The molecule has 2 nitrogen and oxygen atoms in total. The number of nitrogens with zero attached hydrogens (tertiary/aromatic N) is 1. The third-order valence-corrected chi connectivity index (χ3v) is 1.02. The highest BCUT2D eigenvalue weighted by Crippen LogP contribution is 1.75. The van der Waals surface area contributed by atoms with Crippen LogP contribution in [0.25, 0.3) is 0 Å². The van der Waals surface area contributed by atoms with E-state index in [1.807, 2.05) is 7.05 Å². The molecule has 0 saturated carbocycles. The minimum atomic E-state index is 0. The summed E-state index contributed by atoms with van der Waals surface area (Å²) in [5.74, 6) is 0. The molecular formula is C6H17NO. The minimum Gasteiger partial charge on any atom is -0.395 e. The van der Waals surface area contributed by atoms with E-state index in [4.69, 9.17) is 5.11 Å². The first-order valence-corrected chi connectivity index (χ1v) is 2.60. The SMILES string of the molecule is C.CCN(C)CCO. The summed E-state index contributed by atoms with van der Waals surface area (Å²) in [7, 11) is 1.98. The molecule has 0 bridgehead atoms. The highest BCUT2D eigenvalue weighted by atomic mass is 16.3. The van der Waals surface area contributed by atoms with Crippen molar-refractivity contribution in [1.82, 2.24) is 4.90 Å². The molecule has 0 aliphatic rings. The predicted octanol–water partition coefficient (Wildman–Crippen LogP) is 0.567. The van der Waals surface area contributed by atoms with Gasteiger partial charge in [-0.25, -0.2) is 0 Å². The van der Waals surface area contributed by atoms with Gasteiger partial charge in [-0.3, -0.25) is 0 Å². The lowest BCUT2D eigenvalue weighted by Gasteiger charge is -2.09. The van der Waals surface area contributed by atoms with Crippen molar-refractivity contribution in [1.29, 1.82) is 0 Å². The van der Waals surface area contributed by atoms with Gasteiger partial charge < -0.3 is 10.0 Å². The van der Waals surface area contributed by atoms with Crippen LogP contribution in [0.1, 0.15) is 14.4 Å². The number of aliphatic hydroxyl groups is 1. The Morgan fingerprint density at radius 3 is 2.12 bits per heavy atom. The number of hydrogen-bond donors (Lipinski definition) is 1. The van der Waals surface area contributed by atoms with Gasteiger partial charge in [-0.05, 0) is 13.6 Å². The fraction of sp³-hybridized carbons (Fsp3) is 1.00. The summed E-state index contributed by atoms with van der Waals surface area (Å²) >= 11 is 0. The summed E-state index contributed by atoms with van der Waals surface area (Å²) in [6, 6.07) is 0. The third-order valence-electron chi connectivity index (χ3n) is 1.02. The van der Waals surface area contributed by atoms with Gasteiger partial charge in [0, 0.05) is 6.54 Å². The first-order chi connectivity index (χ1) is 3.31. The molecule has 0 unspecified atom stereocenters. The highest BCUT2D eigenvalue weighted by Gasteiger charge is 1.87. The molecule has 0 heterocycles. The van der Waals surface area contributed by atoms with Crippen LogP contribution in [0.3, 0.4) is 0 Å². The molecule has 0 amide bonds. The maximum atomic E-state index is 8.33. The quantitative estimate of drug-likeness (QED) is 0.587. The molecule has 0 saturated heterocycles. The van der Waals surface area contributed by atoms with Crippen LogP contribution in [-0.4, -0.2) is 36.8 Å². The number of aliphatic hydroxyl groups excluding tert-OH is 1.